The Morgan fingerprint density at radius 2 is 2.42 bits per heavy atom. The Bertz CT molecular complexity index is 467. The topological polar surface area (TPSA) is 67.6 Å². The predicted molar refractivity (Wildman–Crippen MR) is 68.7 cm³/mol. The number of hydrazine groups is 1. The summed E-state index contributed by atoms with van der Waals surface area (Å²) >= 11 is 0. The van der Waals surface area contributed by atoms with Crippen LogP contribution in [-0.4, -0.2) is 37.1 Å². The summed E-state index contributed by atoms with van der Waals surface area (Å²) in [6.45, 7) is 2.12. The molecule has 0 saturated carbocycles. The van der Waals surface area contributed by atoms with Gasteiger partial charge in [0, 0.05) is 37.9 Å². The van der Waals surface area contributed by atoms with Gasteiger partial charge in [0.1, 0.15) is 5.82 Å². The van der Waals surface area contributed by atoms with Gasteiger partial charge in [0.2, 0.25) is 0 Å². The molecule has 1 amide bonds. The summed E-state index contributed by atoms with van der Waals surface area (Å²) in [7, 11) is 1.68. The zero-order valence-electron chi connectivity index (χ0n) is 10.9. The van der Waals surface area contributed by atoms with Gasteiger partial charge in [-0.2, -0.15) is 0 Å². The minimum atomic E-state index is -0.419. The highest BCUT2D eigenvalue weighted by molar-refractivity contribution is 5.93. The van der Waals surface area contributed by atoms with Gasteiger partial charge in [-0.05, 0) is 24.6 Å². The molecular formula is C13H18FN3O2. The molecule has 1 aliphatic heterocycles. The van der Waals surface area contributed by atoms with E-state index in [1.165, 1.54) is 18.2 Å². The van der Waals surface area contributed by atoms with Crippen molar-refractivity contribution < 1.29 is 13.9 Å². The number of hydrogen-bond donors (Lipinski definition) is 2. The monoisotopic (exact) mass is 267 g/mol. The minimum Gasteiger partial charge on any atom is -0.380 e. The molecule has 1 aromatic rings. The van der Waals surface area contributed by atoms with E-state index in [-0.39, 0.29) is 11.9 Å². The number of benzene rings is 1. The van der Waals surface area contributed by atoms with E-state index in [1.807, 2.05) is 5.43 Å². The van der Waals surface area contributed by atoms with Crippen molar-refractivity contribution >= 4 is 5.91 Å². The van der Waals surface area contributed by atoms with E-state index in [0.717, 1.165) is 19.5 Å². The van der Waals surface area contributed by atoms with Gasteiger partial charge in [-0.25, -0.2) is 10.2 Å². The molecule has 0 radical (unpaired) electrons. The molecular weight excluding hydrogens is 249 g/mol. The molecule has 3 N–H and O–H groups in total. The second-order valence-electron chi connectivity index (χ2n) is 4.66. The first-order valence-electron chi connectivity index (χ1n) is 6.18. The van der Waals surface area contributed by atoms with E-state index in [2.05, 4.69) is 4.90 Å². The smallest absolute Gasteiger partial charge is 0.265 e. The lowest BCUT2D eigenvalue weighted by molar-refractivity contribution is 0.0953. The van der Waals surface area contributed by atoms with Crippen LogP contribution in [0.4, 0.5) is 4.39 Å². The highest BCUT2D eigenvalue weighted by Gasteiger charge is 2.23. The van der Waals surface area contributed by atoms with E-state index in [0.29, 0.717) is 17.7 Å². The number of carbonyl (C=O) groups is 1. The number of amides is 1. The van der Waals surface area contributed by atoms with Gasteiger partial charge in [0.25, 0.3) is 5.91 Å². The average molecular weight is 267 g/mol. The molecule has 1 heterocycles. The molecule has 1 aromatic carbocycles. The van der Waals surface area contributed by atoms with Crippen molar-refractivity contribution in [2.45, 2.75) is 19.1 Å². The normalized spacial score (nSPS) is 19.6. The Hall–Kier alpha value is -1.50. The summed E-state index contributed by atoms with van der Waals surface area (Å²) in [5.74, 6) is 4.34. The fourth-order valence-corrected chi connectivity index (χ4v) is 2.29. The second-order valence-corrected chi connectivity index (χ2v) is 4.66. The largest absolute Gasteiger partial charge is 0.380 e. The number of nitrogens with one attached hydrogen (secondary N) is 1. The third-order valence-corrected chi connectivity index (χ3v) is 3.40. The zero-order chi connectivity index (χ0) is 13.8. The van der Waals surface area contributed by atoms with Crippen molar-refractivity contribution in [3.63, 3.8) is 0 Å². The van der Waals surface area contributed by atoms with Gasteiger partial charge < -0.3 is 4.74 Å². The summed E-state index contributed by atoms with van der Waals surface area (Å²) in [6, 6.07) is 4.25. The Morgan fingerprint density at radius 3 is 3.05 bits per heavy atom. The van der Waals surface area contributed by atoms with Gasteiger partial charge in [-0.15, -0.1) is 0 Å². The Kier molecular flexibility index (Phi) is 4.47. The number of halogens is 1. The molecule has 0 spiro atoms. The Labute approximate surface area is 111 Å². The first-order valence-corrected chi connectivity index (χ1v) is 6.18. The first-order chi connectivity index (χ1) is 9.13. The van der Waals surface area contributed by atoms with E-state index < -0.39 is 5.91 Å². The highest BCUT2D eigenvalue weighted by atomic mass is 19.1. The van der Waals surface area contributed by atoms with Crippen LogP contribution in [0.3, 0.4) is 0 Å². The van der Waals surface area contributed by atoms with Crippen molar-refractivity contribution in [1.29, 1.82) is 0 Å². The third kappa shape index (κ3) is 3.28. The Morgan fingerprint density at radius 1 is 1.63 bits per heavy atom. The number of likely N-dealkylation sites (tertiary alicyclic amines) is 1. The zero-order valence-corrected chi connectivity index (χ0v) is 10.9. The molecule has 1 aliphatic rings. The summed E-state index contributed by atoms with van der Waals surface area (Å²) in [6.07, 6.45) is 1.15. The van der Waals surface area contributed by atoms with Crippen LogP contribution in [0.15, 0.2) is 18.2 Å². The van der Waals surface area contributed by atoms with Crippen molar-refractivity contribution in [1.82, 2.24) is 10.3 Å². The van der Waals surface area contributed by atoms with Crippen LogP contribution in [0.1, 0.15) is 22.3 Å². The van der Waals surface area contributed by atoms with Crippen LogP contribution in [0.2, 0.25) is 0 Å². The van der Waals surface area contributed by atoms with Crippen LogP contribution in [0, 0.1) is 5.82 Å². The maximum Gasteiger partial charge on any atom is 0.265 e. The second kappa shape index (κ2) is 6.10. The molecule has 2 rings (SSSR count). The summed E-state index contributed by atoms with van der Waals surface area (Å²) in [5.41, 5.74) is 2.90. The average Bonchev–Trinajstić information content (AvgIpc) is 2.88. The maximum absolute atomic E-state index is 13.7. The van der Waals surface area contributed by atoms with Crippen molar-refractivity contribution in [2.75, 3.05) is 20.2 Å². The molecule has 0 aromatic heterocycles. The predicted octanol–water partition coefficient (Wildman–Crippen LogP) is 0.650. The van der Waals surface area contributed by atoms with Gasteiger partial charge in [-0.1, -0.05) is 0 Å². The molecule has 1 fully saturated rings. The molecule has 0 aliphatic carbocycles. The fraction of sp³-hybridized carbons (Fsp3) is 0.462. The Balaban J connectivity index is 2.09. The van der Waals surface area contributed by atoms with Gasteiger partial charge in [0.05, 0.1) is 6.10 Å². The van der Waals surface area contributed by atoms with Crippen molar-refractivity contribution in [3.05, 3.63) is 35.1 Å². The van der Waals surface area contributed by atoms with Crippen LogP contribution >= 0.6 is 0 Å². The maximum atomic E-state index is 13.7. The number of methoxy groups -OCH3 is 1. The third-order valence-electron chi connectivity index (χ3n) is 3.40. The van der Waals surface area contributed by atoms with E-state index in [9.17, 15) is 9.18 Å². The van der Waals surface area contributed by atoms with Crippen molar-refractivity contribution in [3.8, 4) is 0 Å². The summed E-state index contributed by atoms with van der Waals surface area (Å²) < 4.78 is 19.0. The molecule has 19 heavy (non-hydrogen) atoms. The van der Waals surface area contributed by atoms with Crippen LogP contribution in [-0.2, 0) is 11.3 Å². The minimum absolute atomic E-state index is 0.207. The molecule has 1 atom stereocenters. The molecule has 6 heteroatoms. The number of rotatable bonds is 4. The number of carbonyl (C=O) groups excluding carboxylic acids is 1. The van der Waals surface area contributed by atoms with Crippen LogP contribution in [0.25, 0.3) is 0 Å². The number of ether oxygens (including phenoxy) is 1. The van der Waals surface area contributed by atoms with E-state index in [4.69, 9.17) is 10.6 Å². The summed E-state index contributed by atoms with van der Waals surface area (Å²) in [5, 5.41) is 0. The first kappa shape index (κ1) is 13.9. The molecule has 1 saturated heterocycles. The highest BCUT2D eigenvalue weighted by Crippen LogP contribution is 2.18. The number of hydrogen-bond acceptors (Lipinski definition) is 4. The SMILES string of the molecule is COC1CCN(Cc2cc(C(=O)NN)ccc2F)C1. The fourth-order valence-electron chi connectivity index (χ4n) is 2.29. The quantitative estimate of drug-likeness (QED) is 0.477. The molecule has 1 unspecified atom stereocenters. The number of nitrogens with two attached hydrogens (primary N) is 1. The molecule has 0 bridgehead atoms. The van der Waals surface area contributed by atoms with Gasteiger partial charge >= 0.3 is 0 Å². The van der Waals surface area contributed by atoms with Gasteiger partial charge in [-0.3, -0.25) is 15.1 Å². The molecule has 5 nitrogen and oxygen atoms in total. The van der Waals surface area contributed by atoms with Crippen LogP contribution < -0.4 is 11.3 Å². The molecule has 104 valence electrons. The summed E-state index contributed by atoms with van der Waals surface area (Å²) in [4.78, 5) is 13.5. The van der Waals surface area contributed by atoms with Gasteiger partial charge in [0.15, 0.2) is 0 Å². The number of nitrogens with zero attached hydrogens (tertiary/aromatic N) is 1. The lowest BCUT2D eigenvalue weighted by atomic mass is 10.1. The standard InChI is InChI=1S/C13H18FN3O2/c1-19-11-4-5-17(8-11)7-10-6-9(13(18)16-15)2-3-12(10)14/h2-3,6,11H,4-5,7-8,15H2,1H3,(H,16,18). The lowest BCUT2D eigenvalue weighted by Gasteiger charge is -2.16. The van der Waals surface area contributed by atoms with E-state index in [1.54, 1.807) is 7.11 Å². The number of nitrogen functional groups attached to an aromatic ring is 1. The van der Waals surface area contributed by atoms with Crippen molar-refractivity contribution in [2.24, 2.45) is 5.84 Å². The lowest BCUT2D eigenvalue weighted by Crippen LogP contribution is -2.30. The van der Waals surface area contributed by atoms with E-state index >= 15 is 0 Å². The van der Waals surface area contributed by atoms with Crippen LogP contribution in [0.5, 0.6) is 0 Å².